The highest BCUT2D eigenvalue weighted by atomic mass is 32.1. The number of hydrogen-bond acceptors (Lipinski definition) is 7. The molecule has 2 saturated heterocycles. The fourth-order valence-electron chi connectivity index (χ4n) is 6.21. The van der Waals surface area contributed by atoms with Crippen LogP contribution in [0.25, 0.3) is 21.5 Å². The predicted octanol–water partition coefficient (Wildman–Crippen LogP) is 7.26. The number of carboxylic acids is 1. The topological polar surface area (TPSA) is 88.7 Å². The molecule has 4 heterocycles. The van der Waals surface area contributed by atoms with E-state index in [4.69, 9.17) is 14.2 Å². The van der Waals surface area contributed by atoms with E-state index < -0.39 is 17.7 Å². The zero-order chi connectivity index (χ0) is 27.6. The Hall–Kier alpha value is -3.44. The van der Waals surface area contributed by atoms with E-state index in [0.717, 1.165) is 59.9 Å². The van der Waals surface area contributed by atoms with Gasteiger partial charge in [0.1, 0.15) is 11.5 Å². The minimum Gasteiger partial charge on any atom is -0.478 e. The molecule has 0 spiro atoms. The van der Waals surface area contributed by atoms with E-state index >= 15 is 0 Å². The number of rotatable bonds is 7. The summed E-state index contributed by atoms with van der Waals surface area (Å²) in [7, 11) is 0. The molecule has 4 aromatic rings. The van der Waals surface area contributed by atoms with Crippen LogP contribution in [0.1, 0.15) is 71.7 Å². The van der Waals surface area contributed by atoms with Gasteiger partial charge in [0.15, 0.2) is 5.13 Å². The average Bonchev–Trinajstić information content (AvgIpc) is 3.44. The molecule has 2 bridgehead atoms. The number of thiazole rings is 1. The van der Waals surface area contributed by atoms with Crippen LogP contribution in [0.3, 0.4) is 0 Å². The van der Waals surface area contributed by atoms with Gasteiger partial charge in [0.2, 0.25) is 0 Å². The number of anilines is 1. The lowest BCUT2D eigenvalue weighted by Gasteiger charge is -2.38. The molecule has 2 aromatic heterocycles. The van der Waals surface area contributed by atoms with Gasteiger partial charge in [-0.05, 0) is 62.8 Å². The number of ether oxygens (including phenoxy) is 1. The van der Waals surface area contributed by atoms with Crippen molar-refractivity contribution in [3.8, 4) is 11.3 Å². The quantitative estimate of drug-likeness (QED) is 0.251. The number of hydrogen-bond donors (Lipinski definition) is 1. The van der Waals surface area contributed by atoms with Crippen LogP contribution in [-0.4, -0.2) is 39.4 Å². The lowest BCUT2D eigenvalue weighted by atomic mass is 9.98. The number of piperidine rings is 1. The van der Waals surface area contributed by atoms with Crippen LogP contribution in [-0.2, 0) is 17.5 Å². The fourth-order valence-corrected chi connectivity index (χ4v) is 7.36. The summed E-state index contributed by atoms with van der Waals surface area (Å²) in [6.07, 6.45) is 0.889. The molecule has 3 fully saturated rings. The van der Waals surface area contributed by atoms with Gasteiger partial charge in [0.05, 0.1) is 34.1 Å². The molecule has 7 rings (SSSR count). The number of carbonyl (C=O) groups is 1. The van der Waals surface area contributed by atoms with E-state index in [9.17, 15) is 23.1 Å². The molecule has 1 saturated carbocycles. The third kappa shape index (κ3) is 4.54. The van der Waals surface area contributed by atoms with Gasteiger partial charge in [-0.3, -0.25) is 0 Å². The molecule has 0 radical (unpaired) electrons. The van der Waals surface area contributed by atoms with Gasteiger partial charge in [-0.2, -0.15) is 13.2 Å². The number of carboxylic acid groups (broad SMARTS) is 1. The minimum absolute atomic E-state index is 0.0148. The molecule has 3 aliphatic rings. The van der Waals surface area contributed by atoms with Gasteiger partial charge in [0.25, 0.3) is 0 Å². The van der Waals surface area contributed by atoms with Gasteiger partial charge in [-0.25, -0.2) is 9.78 Å². The zero-order valence-electron chi connectivity index (χ0n) is 21.4. The van der Waals surface area contributed by atoms with Crippen LogP contribution in [0.4, 0.5) is 18.3 Å². The highest BCUT2D eigenvalue weighted by Gasteiger charge is 2.43. The SMILES string of the molecule is O=C(O)c1ccc2nc(N3[C@@H]4CC[C@H]3CC(OCc3c(-c5ccccc5C(F)(F)F)noc3C3CC3)C4)sc2c1. The van der Waals surface area contributed by atoms with Crippen molar-refractivity contribution in [1.82, 2.24) is 10.1 Å². The van der Waals surface area contributed by atoms with Crippen molar-refractivity contribution in [3.63, 3.8) is 0 Å². The first-order chi connectivity index (χ1) is 19.3. The maximum absolute atomic E-state index is 13.8. The lowest BCUT2D eigenvalue weighted by Crippen LogP contribution is -2.45. The second-order valence-electron chi connectivity index (χ2n) is 10.9. The van der Waals surface area contributed by atoms with Crippen molar-refractivity contribution in [1.29, 1.82) is 0 Å². The first-order valence-electron chi connectivity index (χ1n) is 13.4. The smallest absolute Gasteiger partial charge is 0.417 e. The van der Waals surface area contributed by atoms with Crippen molar-refractivity contribution in [2.75, 3.05) is 4.90 Å². The fraction of sp³-hybridized carbons (Fsp3) is 0.414. The lowest BCUT2D eigenvalue weighted by molar-refractivity contribution is -0.137. The second kappa shape index (κ2) is 9.59. The molecular formula is C29H26F3N3O4S. The second-order valence-corrected chi connectivity index (χ2v) is 11.9. The van der Waals surface area contributed by atoms with E-state index in [1.165, 1.54) is 23.5 Å². The maximum atomic E-state index is 13.8. The van der Waals surface area contributed by atoms with Crippen LogP contribution in [0, 0.1) is 0 Å². The standard InChI is InChI=1S/C29H26F3N3O4S/c30-29(31,32)22-4-2-1-3-20(22)25-21(26(39-34-25)15-5-6-15)14-38-19-12-17-8-9-18(13-19)35(17)28-33-23-10-7-16(27(36)37)11-24(23)40-28/h1-4,7,10-11,15,17-19H,5-6,8-9,12-14H2,(H,36,37)/t17-,18+,19?. The Morgan fingerprint density at radius 1 is 1.10 bits per heavy atom. The van der Waals surface area contributed by atoms with Gasteiger partial charge >= 0.3 is 12.1 Å². The first-order valence-corrected chi connectivity index (χ1v) is 14.3. The third-order valence-electron chi connectivity index (χ3n) is 8.25. The van der Waals surface area contributed by atoms with Gasteiger partial charge in [-0.1, -0.05) is 34.7 Å². The van der Waals surface area contributed by atoms with Crippen molar-refractivity contribution in [3.05, 3.63) is 64.9 Å². The number of aromatic nitrogens is 2. The predicted molar refractivity (Wildman–Crippen MR) is 143 cm³/mol. The highest BCUT2D eigenvalue weighted by molar-refractivity contribution is 7.22. The van der Waals surface area contributed by atoms with E-state index in [-0.39, 0.29) is 47.5 Å². The van der Waals surface area contributed by atoms with Crippen LogP contribution in [0.5, 0.6) is 0 Å². The Morgan fingerprint density at radius 3 is 2.55 bits per heavy atom. The number of halogens is 3. The largest absolute Gasteiger partial charge is 0.478 e. The molecule has 11 heteroatoms. The summed E-state index contributed by atoms with van der Waals surface area (Å²) in [5.74, 6) is -0.142. The number of nitrogens with zero attached hydrogens (tertiary/aromatic N) is 3. The Morgan fingerprint density at radius 2 is 1.85 bits per heavy atom. The number of aromatic carboxylic acids is 1. The number of fused-ring (bicyclic) bond motifs is 3. The van der Waals surface area contributed by atoms with Crippen molar-refractivity contribution >= 4 is 32.7 Å². The molecule has 3 atom stereocenters. The van der Waals surface area contributed by atoms with Crippen molar-refractivity contribution in [2.45, 2.75) is 75.4 Å². The van der Waals surface area contributed by atoms with Crippen LogP contribution in [0.15, 0.2) is 47.0 Å². The Kier molecular flexibility index (Phi) is 6.12. The summed E-state index contributed by atoms with van der Waals surface area (Å²) in [6.45, 7) is 0.153. The molecular weight excluding hydrogens is 543 g/mol. The van der Waals surface area contributed by atoms with Gasteiger partial charge in [0, 0.05) is 29.1 Å². The molecule has 208 valence electrons. The van der Waals surface area contributed by atoms with Crippen molar-refractivity contribution < 1.29 is 32.3 Å². The van der Waals surface area contributed by atoms with Crippen molar-refractivity contribution in [2.24, 2.45) is 0 Å². The molecule has 1 N–H and O–H groups in total. The maximum Gasteiger partial charge on any atom is 0.417 e. The Balaban J connectivity index is 1.10. The molecule has 40 heavy (non-hydrogen) atoms. The molecule has 2 aromatic carbocycles. The summed E-state index contributed by atoms with van der Waals surface area (Å²) in [5, 5.41) is 14.3. The monoisotopic (exact) mass is 569 g/mol. The minimum atomic E-state index is -4.50. The molecule has 7 nitrogen and oxygen atoms in total. The molecule has 1 unspecified atom stereocenters. The number of alkyl halides is 3. The van der Waals surface area contributed by atoms with Crippen LogP contribution in [0.2, 0.25) is 0 Å². The Bertz CT molecular complexity index is 1580. The van der Waals surface area contributed by atoms with E-state index in [1.54, 1.807) is 24.3 Å². The summed E-state index contributed by atoms with van der Waals surface area (Å²) in [4.78, 5) is 18.5. The normalized spacial score (nSPS) is 22.8. The third-order valence-corrected chi connectivity index (χ3v) is 9.28. The van der Waals surface area contributed by atoms with E-state index in [2.05, 4.69) is 10.1 Å². The number of benzene rings is 2. The van der Waals surface area contributed by atoms with E-state index in [0.29, 0.717) is 11.3 Å². The van der Waals surface area contributed by atoms with Crippen LogP contribution >= 0.6 is 11.3 Å². The Labute approximate surface area is 231 Å². The summed E-state index contributed by atoms with van der Waals surface area (Å²) >= 11 is 1.51. The summed E-state index contributed by atoms with van der Waals surface area (Å²) in [6, 6.07) is 10.9. The first kappa shape index (κ1) is 25.5. The molecule has 1 aliphatic carbocycles. The zero-order valence-corrected chi connectivity index (χ0v) is 22.2. The molecule has 0 amide bonds. The summed E-state index contributed by atoms with van der Waals surface area (Å²) in [5.41, 5.74) is 1.15. The molecule has 2 aliphatic heterocycles. The van der Waals surface area contributed by atoms with Gasteiger partial charge < -0.3 is 19.3 Å². The summed E-state index contributed by atoms with van der Waals surface area (Å²) < 4.78 is 54.2. The van der Waals surface area contributed by atoms with E-state index in [1.807, 2.05) is 0 Å². The van der Waals surface area contributed by atoms with Crippen LogP contribution < -0.4 is 4.90 Å². The average molecular weight is 570 g/mol. The van der Waals surface area contributed by atoms with Gasteiger partial charge in [-0.15, -0.1) is 0 Å². The highest BCUT2D eigenvalue weighted by Crippen LogP contribution is 2.47.